The summed E-state index contributed by atoms with van der Waals surface area (Å²) in [4.78, 5) is 63.2. The highest BCUT2D eigenvalue weighted by Crippen LogP contribution is 2.14. The molecule has 8 N–H and O–H groups in total. The molecule has 0 aliphatic carbocycles. The van der Waals surface area contributed by atoms with Crippen LogP contribution in [0.2, 0.25) is 0 Å². The maximum absolute atomic E-state index is 13.8. The molecule has 4 amide bonds. The number of hydrogen-bond acceptors (Lipinski definition) is 9. The number of carbonyl (C=O) groups is 5. The third kappa shape index (κ3) is 16.2. The zero-order chi connectivity index (χ0) is 36.7. The predicted octanol–water partition coefficient (Wildman–Crippen LogP) is 2.82. The van der Waals surface area contributed by atoms with Crippen LogP contribution in [-0.4, -0.2) is 85.4 Å². The van der Waals surface area contributed by atoms with Crippen molar-refractivity contribution in [3.63, 3.8) is 0 Å². The fraction of sp³-hybridized carbons (Fsp3) is 0.395. The highest BCUT2D eigenvalue weighted by Gasteiger charge is 2.26. The van der Waals surface area contributed by atoms with E-state index in [0.29, 0.717) is 25.8 Å². The lowest BCUT2D eigenvalue weighted by atomic mass is 10.0. The molecule has 3 rings (SSSR count). The minimum Gasteiger partial charge on any atom is -0.394 e. The van der Waals surface area contributed by atoms with Gasteiger partial charge in [0.1, 0.15) is 23.9 Å². The molecule has 51 heavy (non-hydrogen) atoms. The molecule has 0 aliphatic rings. The Labute approximate surface area is 299 Å². The maximum atomic E-state index is 13.8. The van der Waals surface area contributed by atoms with Crippen LogP contribution in [0.15, 0.2) is 91.0 Å². The normalized spacial score (nSPS) is 12.4. The number of carbonyl (C=O) groups excluding carboxylic acids is 5. The second-order valence-corrected chi connectivity index (χ2v) is 12.1. The van der Waals surface area contributed by atoms with E-state index in [4.69, 9.17) is 0 Å². The van der Waals surface area contributed by atoms with Gasteiger partial charge in [-0.15, -0.1) is 0 Å². The van der Waals surface area contributed by atoms with Crippen molar-refractivity contribution in [1.29, 1.82) is 0 Å². The number of hydrogen-bond donors (Lipinski definition) is 8. The Morgan fingerprint density at radius 1 is 0.549 bits per heavy atom. The van der Waals surface area contributed by atoms with Crippen LogP contribution in [0.5, 0.6) is 0 Å². The summed E-state index contributed by atoms with van der Waals surface area (Å²) < 4.78 is 0. The van der Waals surface area contributed by atoms with Gasteiger partial charge in [0, 0.05) is 30.2 Å². The molecule has 0 heterocycles. The number of unbranched alkanes of at least 4 members (excludes halogenated alkanes) is 2. The van der Waals surface area contributed by atoms with Gasteiger partial charge in [-0.1, -0.05) is 54.6 Å². The fourth-order valence-electron chi connectivity index (χ4n) is 5.13. The zero-order valence-electron chi connectivity index (χ0n) is 29.2. The van der Waals surface area contributed by atoms with Gasteiger partial charge in [-0.3, -0.25) is 24.0 Å². The molecule has 3 aromatic rings. The van der Waals surface area contributed by atoms with Crippen LogP contribution >= 0.6 is 0 Å². The van der Waals surface area contributed by atoms with Crippen LogP contribution in [0.1, 0.15) is 45.4 Å². The lowest BCUT2D eigenvalue weighted by molar-refractivity contribution is -0.132. The van der Waals surface area contributed by atoms with E-state index in [1.807, 2.05) is 91.0 Å². The van der Waals surface area contributed by atoms with Gasteiger partial charge in [0.2, 0.25) is 23.6 Å². The summed E-state index contributed by atoms with van der Waals surface area (Å²) in [7, 11) is 0. The summed E-state index contributed by atoms with van der Waals surface area (Å²) in [5.41, 5.74) is 2.78. The van der Waals surface area contributed by atoms with Gasteiger partial charge in [0.25, 0.3) is 0 Å². The molecule has 0 fully saturated rings. The van der Waals surface area contributed by atoms with E-state index in [1.165, 1.54) is 6.92 Å². The Balaban J connectivity index is 1.61. The minimum atomic E-state index is -1.30. The van der Waals surface area contributed by atoms with E-state index < -0.39 is 49.0 Å². The molecule has 13 heteroatoms. The topological polar surface area (TPSA) is 190 Å². The van der Waals surface area contributed by atoms with Crippen LogP contribution in [0, 0.1) is 0 Å². The molecule has 274 valence electrons. The minimum absolute atomic E-state index is 0.241. The molecule has 0 saturated carbocycles. The van der Waals surface area contributed by atoms with Gasteiger partial charge in [0.15, 0.2) is 0 Å². The molecule has 0 aromatic heterocycles. The summed E-state index contributed by atoms with van der Waals surface area (Å²) in [6, 6.07) is 26.2. The van der Waals surface area contributed by atoms with Crippen LogP contribution < -0.4 is 37.2 Å². The maximum Gasteiger partial charge on any atom is 0.245 e. The summed E-state index contributed by atoms with van der Waals surface area (Å²) in [5, 5.41) is 29.8. The van der Waals surface area contributed by atoms with E-state index >= 15 is 0 Å². The number of para-hydroxylation sites is 3. The molecule has 0 radical (unpaired) electrons. The molecule has 3 atom stereocenters. The smallest absolute Gasteiger partial charge is 0.245 e. The average molecular weight is 702 g/mol. The number of benzene rings is 3. The van der Waals surface area contributed by atoms with Crippen molar-refractivity contribution in [3.05, 3.63) is 91.0 Å². The number of anilines is 3. The van der Waals surface area contributed by atoms with Crippen LogP contribution in [-0.2, 0) is 24.0 Å². The third-order valence-corrected chi connectivity index (χ3v) is 7.88. The van der Waals surface area contributed by atoms with E-state index in [9.17, 15) is 29.1 Å². The number of amides is 4. The van der Waals surface area contributed by atoms with Crippen molar-refractivity contribution >= 4 is 46.5 Å². The molecule has 0 spiro atoms. The van der Waals surface area contributed by atoms with Crippen molar-refractivity contribution in [1.82, 2.24) is 21.3 Å². The van der Waals surface area contributed by atoms with Gasteiger partial charge in [-0.25, -0.2) is 0 Å². The molecule has 3 aromatic carbocycles. The van der Waals surface area contributed by atoms with Crippen molar-refractivity contribution in [3.8, 4) is 0 Å². The zero-order valence-corrected chi connectivity index (χ0v) is 29.2. The Kier molecular flexibility index (Phi) is 18.1. The van der Waals surface area contributed by atoms with Gasteiger partial charge in [0.05, 0.1) is 19.7 Å². The summed E-state index contributed by atoms with van der Waals surface area (Å²) in [6.45, 7) is 1.27. The summed E-state index contributed by atoms with van der Waals surface area (Å²) in [6.07, 6.45) is 3.73. The number of Topliss-reactive ketones (excluding diaryl/α,β-unsaturated/α-hetero) is 1. The second kappa shape index (κ2) is 23.1. The number of rotatable bonds is 24. The third-order valence-electron chi connectivity index (χ3n) is 7.88. The van der Waals surface area contributed by atoms with Crippen molar-refractivity contribution in [2.75, 3.05) is 48.7 Å². The molecule has 0 bridgehead atoms. The van der Waals surface area contributed by atoms with E-state index in [1.54, 1.807) is 0 Å². The van der Waals surface area contributed by atoms with Gasteiger partial charge in [-0.05, 0) is 81.8 Å². The SMILES string of the molecule is CC(=O)CNC(=O)C(CO)NC(=O)CNC(=O)C(CCCCNc1ccccc1)NC(=O)C(CCCCNc1ccccc1)Nc1ccccc1. The first kappa shape index (κ1) is 40.0. The first-order chi connectivity index (χ1) is 24.7. The van der Waals surface area contributed by atoms with Crippen LogP contribution in [0.25, 0.3) is 0 Å². The Bertz CT molecular complexity index is 1490. The van der Waals surface area contributed by atoms with Crippen molar-refractivity contribution < 1.29 is 29.1 Å². The quantitative estimate of drug-likeness (QED) is 0.0650. The number of nitrogens with one attached hydrogen (secondary N) is 7. The molecular weight excluding hydrogens is 650 g/mol. The van der Waals surface area contributed by atoms with Crippen LogP contribution in [0.3, 0.4) is 0 Å². The summed E-state index contributed by atoms with van der Waals surface area (Å²) >= 11 is 0. The lowest BCUT2D eigenvalue weighted by Gasteiger charge is -2.24. The number of aliphatic hydroxyl groups excluding tert-OH is 1. The van der Waals surface area contributed by atoms with Gasteiger partial charge in [-0.2, -0.15) is 0 Å². The fourth-order valence-corrected chi connectivity index (χ4v) is 5.13. The van der Waals surface area contributed by atoms with E-state index in [2.05, 4.69) is 37.2 Å². The van der Waals surface area contributed by atoms with Gasteiger partial charge >= 0.3 is 0 Å². The lowest BCUT2D eigenvalue weighted by Crippen LogP contribution is -2.54. The standard InChI is InChI=1S/C38H51N7O6/c1-28(47)25-41-37(50)34(27-46)44-35(48)26-42-36(49)32(21-11-13-23-39-29-15-5-2-6-16-29)45-38(51)33(43-31-19-9-4-10-20-31)22-12-14-24-40-30-17-7-3-8-18-30/h2-10,15-20,32-34,39-40,43,46H,11-14,21-27H2,1H3,(H,41,50)(H,42,49)(H,44,48)(H,45,51). The molecule has 3 unspecified atom stereocenters. The summed E-state index contributed by atoms with van der Waals surface area (Å²) in [5.74, 6) is -2.63. The van der Waals surface area contributed by atoms with E-state index in [0.717, 1.165) is 42.9 Å². The van der Waals surface area contributed by atoms with Crippen molar-refractivity contribution in [2.24, 2.45) is 0 Å². The monoisotopic (exact) mass is 701 g/mol. The predicted molar refractivity (Wildman–Crippen MR) is 199 cm³/mol. The Morgan fingerprint density at radius 2 is 1.02 bits per heavy atom. The number of aliphatic hydroxyl groups is 1. The van der Waals surface area contributed by atoms with Crippen molar-refractivity contribution in [2.45, 2.75) is 63.6 Å². The Hall–Kier alpha value is -5.43. The molecule has 13 nitrogen and oxygen atoms in total. The second-order valence-electron chi connectivity index (χ2n) is 12.1. The highest BCUT2D eigenvalue weighted by molar-refractivity contribution is 5.94. The Morgan fingerprint density at radius 3 is 1.53 bits per heavy atom. The number of ketones is 1. The first-order valence-corrected chi connectivity index (χ1v) is 17.4. The van der Waals surface area contributed by atoms with Gasteiger partial charge < -0.3 is 42.3 Å². The molecule has 0 saturated heterocycles. The highest BCUT2D eigenvalue weighted by atomic mass is 16.3. The first-order valence-electron chi connectivity index (χ1n) is 17.4. The van der Waals surface area contributed by atoms with Crippen LogP contribution in [0.4, 0.5) is 17.1 Å². The molecule has 0 aliphatic heterocycles. The van der Waals surface area contributed by atoms with E-state index in [-0.39, 0.29) is 18.2 Å². The average Bonchev–Trinajstić information content (AvgIpc) is 3.14. The molecular formula is C38H51N7O6. The largest absolute Gasteiger partial charge is 0.394 e.